The molecular weight excluding hydrogens is 998 g/mol. The lowest BCUT2D eigenvalue weighted by Gasteiger charge is -2.62. The fourth-order valence-electron chi connectivity index (χ4n) is 15.2. The number of ether oxygens (including phenoxy) is 4. The maximum Gasteiger partial charge on any atom is 0.407 e. The third kappa shape index (κ3) is 12.0. The molecule has 6 aliphatic rings. The number of fused-ring (bicyclic) bond motifs is 5. The number of alkyl halides is 1. The Hall–Kier alpha value is -2.95. The first-order chi connectivity index (χ1) is 35.7. The SMILES string of the molecule is CC[C@H]1OC(=O)[C@H](C)[C@@H](O)[C@H](C)[C@@H](O[C@@H]2O[C@H](C)CC(N(C)CCCCCCNC(=O)OCC(=O)[C@@]3(O)[C@H](C)C[C@H]4[C@@H]5CC=C6CC(=O)C=C[C@]6(C)[C@@]5(F)[C@@H](O)C[C@@]43C)[C@H]2O)[C@](C)(O)C[C@@H](C)CN(C)[C@H](C)[C@@H](O)[C@]1(C)O. The normalized spacial score (nSPS) is 46.2. The fourth-order valence-corrected chi connectivity index (χ4v) is 15.2. The summed E-state index contributed by atoms with van der Waals surface area (Å²) in [4.78, 5) is 56.6. The van der Waals surface area contributed by atoms with Gasteiger partial charge in [0.2, 0.25) is 5.78 Å². The first kappa shape index (κ1) is 63.2. The van der Waals surface area contributed by atoms with E-state index in [4.69, 9.17) is 18.9 Å². The minimum Gasteiger partial charge on any atom is -0.459 e. The predicted molar refractivity (Wildman–Crippen MR) is 285 cm³/mol. The van der Waals surface area contributed by atoms with Crippen molar-refractivity contribution in [1.82, 2.24) is 15.1 Å². The number of carbonyl (C=O) groups excluding carboxylic acids is 4. The van der Waals surface area contributed by atoms with Gasteiger partial charge in [0.15, 0.2) is 24.3 Å². The predicted octanol–water partition coefficient (Wildman–Crippen LogP) is 4.55. The summed E-state index contributed by atoms with van der Waals surface area (Å²) in [5.74, 6) is -5.57. The number of cyclic esters (lactones) is 1. The van der Waals surface area contributed by atoms with E-state index in [1.54, 1.807) is 54.5 Å². The van der Waals surface area contributed by atoms with Gasteiger partial charge in [0, 0.05) is 54.3 Å². The van der Waals surface area contributed by atoms with Crippen molar-refractivity contribution in [1.29, 1.82) is 0 Å². The molecule has 4 aliphatic carbocycles. The molecule has 0 aromatic carbocycles. The zero-order valence-corrected chi connectivity index (χ0v) is 48.2. The van der Waals surface area contributed by atoms with Crippen molar-refractivity contribution in [3.63, 3.8) is 0 Å². The zero-order chi connectivity index (χ0) is 57.5. The number of nitrogens with zero attached hydrogens (tertiary/aromatic N) is 2. The van der Waals surface area contributed by atoms with Crippen LogP contribution in [-0.4, -0.2) is 193 Å². The summed E-state index contributed by atoms with van der Waals surface area (Å²) in [5.41, 5.74) is -9.27. The topological polar surface area (TPSA) is 265 Å². The molecule has 8 N–H and O–H groups in total. The Balaban J connectivity index is 0.988. The molecule has 4 fully saturated rings. The van der Waals surface area contributed by atoms with Gasteiger partial charge in [-0.25, -0.2) is 9.18 Å². The number of carbonyl (C=O) groups is 4. The lowest BCUT2D eigenvalue weighted by atomic mass is 9.45. The van der Waals surface area contributed by atoms with Crippen molar-refractivity contribution in [2.45, 2.75) is 230 Å². The van der Waals surface area contributed by atoms with E-state index in [1.807, 2.05) is 43.8 Å². The average molecular weight is 1090 g/mol. The summed E-state index contributed by atoms with van der Waals surface area (Å²) < 4.78 is 41.6. The third-order valence-corrected chi connectivity index (χ3v) is 20.0. The Morgan fingerprint density at radius 2 is 1.58 bits per heavy atom. The smallest absolute Gasteiger partial charge is 0.407 e. The molecule has 18 nitrogen and oxygen atoms in total. The summed E-state index contributed by atoms with van der Waals surface area (Å²) >= 11 is 0. The molecule has 2 saturated carbocycles. The van der Waals surface area contributed by atoms with E-state index in [0.717, 1.165) is 19.3 Å². The van der Waals surface area contributed by atoms with Gasteiger partial charge in [-0.2, -0.15) is 0 Å². The van der Waals surface area contributed by atoms with Crippen LogP contribution in [0.2, 0.25) is 0 Å². The number of nitrogens with one attached hydrogen (secondary N) is 1. The molecule has 22 atom stereocenters. The Labute approximate surface area is 456 Å². The van der Waals surface area contributed by atoms with Gasteiger partial charge in [0.05, 0.1) is 35.9 Å². The number of hydrogen-bond acceptors (Lipinski definition) is 17. The van der Waals surface area contributed by atoms with Gasteiger partial charge in [-0.05, 0) is 137 Å². The van der Waals surface area contributed by atoms with E-state index >= 15 is 4.39 Å². The molecule has 2 saturated heterocycles. The van der Waals surface area contributed by atoms with E-state index in [-0.39, 0.29) is 56.5 Å². The Morgan fingerprint density at radius 3 is 2.25 bits per heavy atom. The molecule has 2 heterocycles. The Morgan fingerprint density at radius 1 is 0.922 bits per heavy atom. The summed E-state index contributed by atoms with van der Waals surface area (Å²) in [6, 6.07) is -0.963. The highest BCUT2D eigenvalue weighted by Gasteiger charge is 2.75. The molecule has 0 spiro atoms. The van der Waals surface area contributed by atoms with Gasteiger partial charge >= 0.3 is 12.1 Å². The van der Waals surface area contributed by atoms with E-state index < -0.39 is 142 Å². The second-order valence-electron chi connectivity index (χ2n) is 25.6. The number of aliphatic hydroxyl groups is 7. The van der Waals surface area contributed by atoms with Crippen LogP contribution in [0.15, 0.2) is 23.8 Å². The number of halogens is 1. The van der Waals surface area contributed by atoms with E-state index in [2.05, 4.69) is 5.32 Å². The van der Waals surface area contributed by atoms with Crippen LogP contribution >= 0.6 is 0 Å². The maximum absolute atomic E-state index is 17.6. The number of alkyl carbamates (subject to hydrolysis) is 1. The Bertz CT molecular complexity index is 2160. The second kappa shape index (κ2) is 24.3. The number of hydrogen-bond donors (Lipinski definition) is 8. The summed E-state index contributed by atoms with van der Waals surface area (Å²) in [6.45, 7) is 19.4. The lowest BCUT2D eigenvalue weighted by Crippen LogP contribution is -2.69. The van der Waals surface area contributed by atoms with Crippen molar-refractivity contribution in [2.24, 2.45) is 46.3 Å². The number of likely N-dealkylation sites (N-methyl/N-ethyl adjacent to an activating group) is 2. The third-order valence-electron chi connectivity index (χ3n) is 20.0. The molecule has 0 radical (unpaired) electrons. The van der Waals surface area contributed by atoms with Crippen LogP contribution in [-0.2, 0) is 33.3 Å². The monoisotopic (exact) mass is 1090 g/mol. The van der Waals surface area contributed by atoms with Gasteiger partial charge < -0.3 is 69.8 Å². The van der Waals surface area contributed by atoms with Crippen LogP contribution in [0.25, 0.3) is 0 Å². The standard InChI is InChI=1S/C58H96FN3O15/c1-14-45-56(11,72)48(68)37(7)62(13)30-32(2)28-55(10,71)49(35(5)46(66)36(6)50(69)76-45)77-51-47(67)42(26-34(4)75-51)61(12)24-18-16-15-17-23-60-52(70)74-31-44(65)58(73)33(3)25-41-40-20-19-38-27-39(63)21-22-53(38,8)57(40,59)43(64)29-54(41,58)9/h19,21-22,32-37,40-43,45-49,51,64,66-68,71-73H,14-18,20,23-31H2,1-13H3,(H,60,70)/t32-,33-,34-,35+,36-,37-,40+,41+,42?,43+,45-,46+,47-,48-,49-,51+,53+,54+,55-,56-,57+,58+/m1/s1. The van der Waals surface area contributed by atoms with Crippen LogP contribution in [0.4, 0.5) is 9.18 Å². The van der Waals surface area contributed by atoms with E-state index in [0.29, 0.717) is 37.9 Å². The van der Waals surface area contributed by atoms with Gasteiger partial charge in [0.1, 0.15) is 29.5 Å². The quantitative estimate of drug-likeness (QED) is 0.0674. The molecule has 0 aromatic heterocycles. The molecule has 0 aromatic rings. The first-order valence-electron chi connectivity index (χ1n) is 28.6. The number of aliphatic hydroxyl groups excluding tert-OH is 4. The number of unbranched alkanes of at least 4 members (excludes halogenated alkanes) is 3. The van der Waals surface area contributed by atoms with Crippen LogP contribution in [0.5, 0.6) is 0 Å². The van der Waals surface area contributed by atoms with Crippen molar-refractivity contribution < 1.29 is 78.3 Å². The minimum atomic E-state index is -2.10. The van der Waals surface area contributed by atoms with Crippen molar-refractivity contribution in [3.8, 4) is 0 Å². The van der Waals surface area contributed by atoms with E-state index in [1.165, 1.54) is 19.9 Å². The molecule has 77 heavy (non-hydrogen) atoms. The highest BCUT2D eigenvalue weighted by atomic mass is 19.1. The van der Waals surface area contributed by atoms with Gasteiger partial charge in [-0.3, -0.25) is 14.4 Å². The number of rotatable bonds is 14. The summed E-state index contributed by atoms with van der Waals surface area (Å²) in [5, 5.41) is 85.5. The fraction of sp³-hybridized carbons (Fsp3) is 0.862. The molecular formula is C58H96FN3O15. The van der Waals surface area contributed by atoms with Crippen molar-refractivity contribution in [2.75, 3.05) is 40.3 Å². The number of allylic oxidation sites excluding steroid dienone is 4. The summed E-state index contributed by atoms with van der Waals surface area (Å²) in [6.07, 6.45) is -0.802. The van der Waals surface area contributed by atoms with E-state index in [9.17, 15) is 54.9 Å². The summed E-state index contributed by atoms with van der Waals surface area (Å²) in [7, 11) is 3.72. The number of amides is 1. The minimum absolute atomic E-state index is 0.0884. The number of Topliss-reactive ketones (excluding diaryl/α,β-unsaturated/α-hetero) is 1. The van der Waals surface area contributed by atoms with Gasteiger partial charge in [-0.1, -0.05) is 65.2 Å². The molecule has 440 valence electrons. The molecule has 6 rings (SSSR count). The number of ketones is 2. The maximum atomic E-state index is 17.6. The molecule has 1 unspecified atom stereocenters. The zero-order valence-electron chi connectivity index (χ0n) is 48.2. The molecule has 0 bridgehead atoms. The number of esters is 1. The van der Waals surface area contributed by atoms with Crippen LogP contribution in [0, 0.1) is 46.3 Å². The lowest BCUT2D eigenvalue weighted by molar-refractivity contribution is -0.299. The van der Waals surface area contributed by atoms with Gasteiger partial charge in [-0.15, -0.1) is 0 Å². The molecule has 19 heteroatoms. The largest absolute Gasteiger partial charge is 0.459 e. The van der Waals surface area contributed by atoms with Gasteiger partial charge in [0.25, 0.3) is 0 Å². The van der Waals surface area contributed by atoms with Crippen LogP contribution in [0.1, 0.15) is 147 Å². The van der Waals surface area contributed by atoms with Crippen molar-refractivity contribution >= 4 is 23.6 Å². The Kier molecular flexibility index (Phi) is 19.9. The molecule has 2 aliphatic heterocycles. The highest BCUT2D eigenvalue weighted by Crippen LogP contribution is 2.70. The average Bonchev–Trinajstić information content (AvgIpc) is 3.81. The molecule has 1 amide bonds. The van der Waals surface area contributed by atoms with Crippen molar-refractivity contribution in [3.05, 3.63) is 23.8 Å². The second-order valence-corrected chi connectivity index (χ2v) is 25.6. The van der Waals surface area contributed by atoms with Crippen LogP contribution < -0.4 is 5.32 Å². The highest BCUT2D eigenvalue weighted by molar-refractivity contribution is 5.94. The van der Waals surface area contributed by atoms with Crippen LogP contribution in [0.3, 0.4) is 0 Å². The first-order valence-corrected chi connectivity index (χ1v) is 28.6.